The smallest absolute Gasteiger partial charge is 0.287 e. The van der Waals surface area contributed by atoms with Crippen molar-refractivity contribution in [2.24, 2.45) is 0 Å². The van der Waals surface area contributed by atoms with Crippen molar-refractivity contribution >= 4 is 34.3 Å². The Morgan fingerprint density at radius 3 is 2.83 bits per heavy atom. The first kappa shape index (κ1) is 25.6. The van der Waals surface area contributed by atoms with Crippen molar-refractivity contribution < 1.29 is 23.5 Å². The zero-order valence-electron chi connectivity index (χ0n) is 19.6. The van der Waals surface area contributed by atoms with Gasteiger partial charge in [-0.1, -0.05) is 23.7 Å². The Bertz CT molecular complexity index is 1320. The van der Waals surface area contributed by atoms with Crippen LogP contribution in [0.15, 0.2) is 41.2 Å². The van der Waals surface area contributed by atoms with E-state index in [-0.39, 0.29) is 53.7 Å². The number of halogens is 2. The largest absolute Gasteiger partial charge is 0.489 e. The summed E-state index contributed by atoms with van der Waals surface area (Å²) in [6.45, 7) is 2.17. The van der Waals surface area contributed by atoms with Gasteiger partial charge in [0.05, 0.1) is 30.9 Å². The van der Waals surface area contributed by atoms with Crippen molar-refractivity contribution in [3.8, 4) is 5.75 Å². The lowest BCUT2D eigenvalue weighted by Gasteiger charge is -2.29. The summed E-state index contributed by atoms with van der Waals surface area (Å²) in [5, 5.41) is 5.96. The van der Waals surface area contributed by atoms with Crippen LogP contribution in [-0.2, 0) is 16.1 Å². The number of hydrogen-bond donors (Lipinski definition) is 3. The number of hydrogen-bond acceptors (Lipinski definition) is 6. The minimum Gasteiger partial charge on any atom is -0.489 e. The second-order valence-electron chi connectivity index (χ2n) is 8.57. The Morgan fingerprint density at radius 2 is 2.11 bits per heavy atom. The van der Waals surface area contributed by atoms with E-state index >= 15 is 0 Å². The van der Waals surface area contributed by atoms with Gasteiger partial charge in [0.25, 0.3) is 11.5 Å². The number of amides is 2. The monoisotopic (exact) mass is 516 g/mol. The van der Waals surface area contributed by atoms with Gasteiger partial charge in [-0.2, -0.15) is 0 Å². The van der Waals surface area contributed by atoms with E-state index in [1.54, 1.807) is 24.3 Å². The fourth-order valence-corrected chi connectivity index (χ4v) is 4.28. The summed E-state index contributed by atoms with van der Waals surface area (Å²) in [4.78, 5) is 43.1. The lowest BCUT2D eigenvalue weighted by atomic mass is 10.0. The third-order valence-electron chi connectivity index (χ3n) is 5.80. The number of aromatic amines is 1. The van der Waals surface area contributed by atoms with Gasteiger partial charge in [0.1, 0.15) is 5.39 Å². The fourth-order valence-electron chi connectivity index (χ4n) is 4.07. The topological polar surface area (TPSA) is 122 Å². The number of aromatic nitrogens is 2. The molecule has 2 atom stereocenters. The first-order valence-corrected chi connectivity index (χ1v) is 11.9. The Hall–Kier alpha value is -3.50. The second kappa shape index (κ2) is 11.5. The number of nitrogens with one attached hydrogen (secondary N) is 3. The van der Waals surface area contributed by atoms with Crippen LogP contribution in [0.3, 0.4) is 0 Å². The van der Waals surface area contributed by atoms with Crippen LogP contribution < -0.4 is 20.9 Å². The molecule has 0 spiro atoms. The van der Waals surface area contributed by atoms with Gasteiger partial charge in [0.15, 0.2) is 17.4 Å². The SMILES string of the molecule is CC(=O)NC1CCC(CCOc2c(F)ccc3nc(C(=O)NCc4cccc(Cl)c4)[nH]c(=O)c23)OC1. The molecule has 2 heterocycles. The highest BCUT2D eigenvalue weighted by Gasteiger charge is 2.23. The van der Waals surface area contributed by atoms with Crippen molar-refractivity contribution in [3.05, 3.63) is 69.0 Å². The molecule has 2 aromatic carbocycles. The average Bonchev–Trinajstić information content (AvgIpc) is 2.84. The van der Waals surface area contributed by atoms with Gasteiger partial charge < -0.3 is 25.1 Å². The summed E-state index contributed by atoms with van der Waals surface area (Å²) >= 11 is 5.96. The molecule has 3 aromatic rings. The van der Waals surface area contributed by atoms with E-state index in [4.69, 9.17) is 21.1 Å². The molecule has 36 heavy (non-hydrogen) atoms. The third kappa shape index (κ3) is 6.38. The van der Waals surface area contributed by atoms with Crippen LogP contribution in [0.2, 0.25) is 5.02 Å². The van der Waals surface area contributed by atoms with Crippen LogP contribution in [0.1, 0.15) is 42.4 Å². The van der Waals surface area contributed by atoms with Crippen LogP contribution in [0, 0.1) is 5.82 Å². The number of ether oxygens (including phenoxy) is 2. The predicted octanol–water partition coefficient (Wildman–Crippen LogP) is 3.10. The van der Waals surface area contributed by atoms with E-state index in [0.717, 1.165) is 24.5 Å². The molecular formula is C25H26ClFN4O5. The average molecular weight is 517 g/mol. The Kier molecular flexibility index (Phi) is 8.17. The molecule has 11 heteroatoms. The molecule has 1 aromatic heterocycles. The molecule has 190 valence electrons. The van der Waals surface area contributed by atoms with E-state index in [0.29, 0.717) is 18.1 Å². The van der Waals surface area contributed by atoms with Crippen LogP contribution in [-0.4, -0.2) is 47.1 Å². The molecule has 1 saturated heterocycles. The summed E-state index contributed by atoms with van der Waals surface area (Å²) < 4.78 is 26.0. The number of carbonyl (C=O) groups excluding carboxylic acids is 2. The highest BCUT2D eigenvalue weighted by atomic mass is 35.5. The molecular weight excluding hydrogens is 491 g/mol. The Labute approximate surface area is 211 Å². The quantitative estimate of drug-likeness (QED) is 0.423. The second-order valence-corrected chi connectivity index (χ2v) is 9.00. The normalized spacial score (nSPS) is 17.5. The fraction of sp³-hybridized carbons (Fsp3) is 0.360. The minimum atomic E-state index is -0.705. The molecule has 2 amide bonds. The maximum atomic E-state index is 14.6. The highest BCUT2D eigenvalue weighted by molar-refractivity contribution is 6.30. The van der Waals surface area contributed by atoms with Gasteiger partial charge in [0.2, 0.25) is 5.91 Å². The number of rotatable bonds is 8. The number of nitrogens with zero attached hydrogens (tertiary/aromatic N) is 1. The summed E-state index contributed by atoms with van der Waals surface area (Å²) in [6, 6.07) is 9.45. The summed E-state index contributed by atoms with van der Waals surface area (Å²) in [5.41, 5.74) is 0.230. The summed E-state index contributed by atoms with van der Waals surface area (Å²) in [5.74, 6) is -1.82. The van der Waals surface area contributed by atoms with Crippen molar-refractivity contribution in [2.75, 3.05) is 13.2 Å². The van der Waals surface area contributed by atoms with Crippen LogP contribution >= 0.6 is 11.6 Å². The van der Waals surface area contributed by atoms with Gasteiger partial charge >= 0.3 is 0 Å². The maximum absolute atomic E-state index is 14.6. The first-order chi connectivity index (χ1) is 17.3. The Balaban J connectivity index is 1.41. The van der Waals surface area contributed by atoms with Gasteiger partial charge in [-0.25, -0.2) is 9.37 Å². The van der Waals surface area contributed by atoms with Crippen LogP contribution in [0.25, 0.3) is 10.9 Å². The summed E-state index contributed by atoms with van der Waals surface area (Å²) in [7, 11) is 0. The zero-order valence-corrected chi connectivity index (χ0v) is 20.4. The number of fused-ring (bicyclic) bond motifs is 1. The van der Waals surface area contributed by atoms with Gasteiger partial charge in [-0.05, 0) is 42.7 Å². The third-order valence-corrected chi connectivity index (χ3v) is 6.03. The van der Waals surface area contributed by atoms with Gasteiger partial charge in [-0.15, -0.1) is 0 Å². The van der Waals surface area contributed by atoms with Crippen molar-refractivity contribution in [3.63, 3.8) is 0 Å². The number of carbonyl (C=O) groups is 2. The molecule has 4 rings (SSSR count). The minimum absolute atomic E-state index is 0.0169. The van der Waals surface area contributed by atoms with Crippen LogP contribution in [0.4, 0.5) is 4.39 Å². The molecule has 1 fully saturated rings. The molecule has 0 radical (unpaired) electrons. The molecule has 0 aliphatic carbocycles. The van der Waals surface area contributed by atoms with Crippen molar-refractivity contribution in [1.82, 2.24) is 20.6 Å². The van der Waals surface area contributed by atoms with Crippen LogP contribution in [0.5, 0.6) is 5.75 Å². The van der Waals surface area contributed by atoms with E-state index in [1.807, 2.05) is 0 Å². The van der Waals surface area contributed by atoms with Gasteiger partial charge in [-0.3, -0.25) is 14.4 Å². The Morgan fingerprint density at radius 1 is 1.28 bits per heavy atom. The number of benzene rings is 2. The summed E-state index contributed by atoms with van der Waals surface area (Å²) in [6.07, 6.45) is 1.89. The molecule has 0 saturated carbocycles. The standard InChI is InChI=1S/C25H26ClFN4O5/c1-14(32)29-17-5-6-18(36-13-17)9-10-35-22-19(27)7-8-20-21(22)24(33)31-23(30-20)25(34)28-12-15-3-2-4-16(26)11-15/h2-4,7-8,11,17-18H,5-6,9-10,12-13H2,1H3,(H,28,34)(H,29,32)(H,30,31,33). The molecule has 1 aliphatic rings. The lowest BCUT2D eigenvalue weighted by Crippen LogP contribution is -2.42. The van der Waals surface area contributed by atoms with E-state index < -0.39 is 17.3 Å². The number of H-pyrrole nitrogens is 1. The van der Waals surface area contributed by atoms with Crippen molar-refractivity contribution in [2.45, 2.75) is 44.9 Å². The molecule has 3 N–H and O–H groups in total. The maximum Gasteiger partial charge on any atom is 0.287 e. The first-order valence-electron chi connectivity index (χ1n) is 11.6. The highest BCUT2D eigenvalue weighted by Crippen LogP contribution is 2.26. The van der Waals surface area contributed by atoms with E-state index in [1.165, 1.54) is 13.0 Å². The molecule has 2 unspecified atom stereocenters. The van der Waals surface area contributed by atoms with E-state index in [9.17, 15) is 18.8 Å². The zero-order chi connectivity index (χ0) is 25.7. The lowest BCUT2D eigenvalue weighted by molar-refractivity contribution is -0.121. The van der Waals surface area contributed by atoms with E-state index in [2.05, 4.69) is 20.6 Å². The molecule has 0 bridgehead atoms. The molecule has 9 nitrogen and oxygen atoms in total. The van der Waals surface area contributed by atoms with Gasteiger partial charge in [0, 0.05) is 24.9 Å². The predicted molar refractivity (Wildman–Crippen MR) is 132 cm³/mol. The molecule has 1 aliphatic heterocycles. The van der Waals surface area contributed by atoms with Crippen molar-refractivity contribution in [1.29, 1.82) is 0 Å².